The van der Waals surface area contributed by atoms with E-state index in [1.54, 1.807) is 12.1 Å². The molecule has 0 spiro atoms. The van der Waals surface area contributed by atoms with Crippen LogP contribution in [0.5, 0.6) is 0 Å². The van der Waals surface area contributed by atoms with Crippen LogP contribution in [-0.2, 0) is 0 Å². The van der Waals surface area contributed by atoms with Crippen LogP contribution in [0.3, 0.4) is 0 Å². The van der Waals surface area contributed by atoms with Gasteiger partial charge in [-0.15, -0.1) is 11.3 Å². The van der Waals surface area contributed by atoms with E-state index < -0.39 is 5.91 Å². The van der Waals surface area contributed by atoms with Crippen molar-refractivity contribution in [2.45, 2.75) is 26.2 Å². The second-order valence-corrected chi connectivity index (χ2v) is 7.30. The number of amides is 2. The van der Waals surface area contributed by atoms with Crippen LogP contribution in [0, 0.1) is 6.92 Å². The maximum Gasteiger partial charge on any atom is 0.265 e. The normalized spacial score (nSPS) is 14.5. The monoisotopic (exact) mass is 343 g/mol. The van der Waals surface area contributed by atoms with Gasteiger partial charge in [0.05, 0.1) is 16.1 Å². The van der Waals surface area contributed by atoms with Gasteiger partial charge in [0.15, 0.2) is 0 Å². The Kier molecular flexibility index (Phi) is 4.85. The lowest BCUT2D eigenvalue weighted by Gasteiger charge is -2.30. The molecule has 1 saturated heterocycles. The molecule has 0 bridgehead atoms. The van der Waals surface area contributed by atoms with Gasteiger partial charge in [0.2, 0.25) is 0 Å². The highest BCUT2D eigenvalue weighted by Crippen LogP contribution is 2.28. The fraction of sp³-hybridized carbons (Fsp3) is 0.333. The number of nitrogens with zero attached hydrogens (tertiary/aromatic N) is 1. The highest BCUT2D eigenvalue weighted by molar-refractivity contribution is 7.14. The number of aryl methyl sites for hydroxylation is 1. The molecule has 6 heteroatoms. The third-order valence-corrected chi connectivity index (χ3v) is 5.18. The summed E-state index contributed by atoms with van der Waals surface area (Å²) in [6.07, 6.45) is 3.41. The Hall–Kier alpha value is -2.34. The third-order valence-electron chi connectivity index (χ3n) is 4.18. The summed E-state index contributed by atoms with van der Waals surface area (Å²) in [5.41, 5.74) is 7.50. The highest BCUT2D eigenvalue weighted by Gasteiger charge is 2.18. The molecular formula is C18H21N3O2S. The zero-order valence-electron chi connectivity index (χ0n) is 13.7. The lowest BCUT2D eigenvalue weighted by molar-refractivity contribution is 0.0999. The van der Waals surface area contributed by atoms with E-state index >= 15 is 0 Å². The first-order chi connectivity index (χ1) is 11.5. The van der Waals surface area contributed by atoms with Crippen molar-refractivity contribution in [2.75, 3.05) is 23.3 Å². The lowest BCUT2D eigenvalue weighted by Crippen LogP contribution is -2.31. The molecule has 2 heterocycles. The van der Waals surface area contributed by atoms with Gasteiger partial charge in [0, 0.05) is 23.7 Å². The molecule has 5 nitrogen and oxygen atoms in total. The number of hydrogen-bond acceptors (Lipinski definition) is 4. The molecule has 0 aliphatic carbocycles. The van der Waals surface area contributed by atoms with Gasteiger partial charge < -0.3 is 16.0 Å². The number of rotatable bonds is 4. The molecule has 126 valence electrons. The van der Waals surface area contributed by atoms with Crippen LogP contribution in [0.4, 0.5) is 11.4 Å². The Morgan fingerprint density at radius 3 is 2.50 bits per heavy atom. The number of carbonyl (C=O) groups excluding carboxylic acids is 2. The van der Waals surface area contributed by atoms with Gasteiger partial charge in [-0.1, -0.05) is 0 Å². The SMILES string of the molecule is Cc1ccc(C(=O)Nc2ccc(C(N)=O)c(N3CCCCC3)c2)s1. The number of thiophene rings is 1. The molecule has 1 fully saturated rings. The largest absolute Gasteiger partial charge is 0.371 e. The van der Waals surface area contributed by atoms with Gasteiger partial charge in [-0.25, -0.2) is 0 Å². The van der Waals surface area contributed by atoms with Crippen LogP contribution in [0.15, 0.2) is 30.3 Å². The molecule has 0 atom stereocenters. The van der Waals surface area contributed by atoms with E-state index in [4.69, 9.17) is 5.73 Å². The number of nitrogens with two attached hydrogens (primary N) is 1. The standard InChI is InChI=1S/C18H21N3O2S/c1-12-5-8-16(24-12)18(23)20-13-6-7-14(17(19)22)15(11-13)21-9-3-2-4-10-21/h5-8,11H,2-4,9-10H2,1H3,(H2,19,22)(H,20,23). The first-order valence-corrected chi connectivity index (χ1v) is 8.93. The second-order valence-electron chi connectivity index (χ2n) is 6.01. The van der Waals surface area contributed by atoms with Gasteiger partial charge in [-0.3, -0.25) is 9.59 Å². The van der Waals surface area contributed by atoms with Gasteiger partial charge in [-0.2, -0.15) is 0 Å². The Balaban J connectivity index is 1.86. The summed E-state index contributed by atoms with van der Waals surface area (Å²) in [5, 5.41) is 2.91. The van der Waals surface area contributed by atoms with Crippen LogP contribution in [0.25, 0.3) is 0 Å². The number of hydrogen-bond donors (Lipinski definition) is 2. The molecule has 24 heavy (non-hydrogen) atoms. The van der Waals surface area contributed by atoms with Crippen LogP contribution in [0.1, 0.15) is 44.2 Å². The molecule has 1 aromatic carbocycles. The quantitative estimate of drug-likeness (QED) is 0.893. The van der Waals surface area contributed by atoms with Gasteiger partial charge in [-0.05, 0) is 56.5 Å². The van der Waals surface area contributed by atoms with E-state index in [9.17, 15) is 9.59 Å². The average molecular weight is 343 g/mol. The van der Waals surface area contributed by atoms with Crippen LogP contribution in [-0.4, -0.2) is 24.9 Å². The van der Waals surface area contributed by atoms with Gasteiger partial charge >= 0.3 is 0 Å². The fourth-order valence-electron chi connectivity index (χ4n) is 2.96. The summed E-state index contributed by atoms with van der Waals surface area (Å²) in [6, 6.07) is 9.02. The van der Waals surface area contributed by atoms with Crippen LogP contribution in [0.2, 0.25) is 0 Å². The molecule has 1 aliphatic heterocycles. The molecule has 2 amide bonds. The molecule has 1 aromatic heterocycles. The number of piperidine rings is 1. The first kappa shape index (κ1) is 16.5. The summed E-state index contributed by atoms with van der Waals surface area (Å²) < 4.78 is 0. The number of carbonyl (C=O) groups is 2. The van der Waals surface area contributed by atoms with E-state index in [-0.39, 0.29) is 5.91 Å². The number of anilines is 2. The number of nitrogens with one attached hydrogen (secondary N) is 1. The van der Waals surface area contributed by atoms with Gasteiger partial charge in [0.1, 0.15) is 0 Å². The minimum absolute atomic E-state index is 0.135. The third kappa shape index (κ3) is 3.59. The smallest absolute Gasteiger partial charge is 0.265 e. The highest BCUT2D eigenvalue weighted by atomic mass is 32.1. The first-order valence-electron chi connectivity index (χ1n) is 8.11. The van der Waals surface area contributed by atoms with Crippen molar-refractivity contribution in [3.05, 3.63) is 45.6 Å². The van der Waals surface area contributed by atoms with E-state index in [1.807, 2.05) is 25.1 Å². The van der Waals surface area contributed by atoms with Gasteiger partial charge in [0.25, 0.3) is 11.8 Å². The summed E-state index contributed by atoms with van der Waals surface area (Å²) in [5.74, 6) is -0.577. The predicted octanol–water partition coefficient (Wildman–Crippen LogP) is 3.40. The number of benzene rings is 1. The van der Waals surface area contributed by atoms with Crippen molar-refractivity contribution in [1.82, 2.24) is 0 Å². The molecule has 1 aliphatic rings. The van der Waals surface area contributed by atoms with E-state index in [2.05, 4.69) is 10.2 Å². The zero-order valence-corrected chi connectivity index (χ0v) is 14.5. The Bertz CT molecular complexity index is 763. The second kappa shape index (κ2) is 7.05. The summed E-state index contributed by atoms with van der Waals surface area (Å²) in [7, 11) is 0. The van der Waals surface area contributed by atoms with E-state index in [1.165, 1.54) is 17.8 Å². The Labute approximate surface area is 145 Å². The topological polar surface area (TPSA) is 75.4 Å². The Morgan fingerprint density at radius 2 is 1.88 bits per heavy atom. The van der Waals surface area contributed by atoms with Crippen molar-refractivity contribution < 1.29 is 9.59 Å². The molecule has 0 radical (unpaired) electrons. The molecule has 2 aromatic rings. The maximum absolute atomic E-state index is 12.3. The summed E-state index contributed by atoms with van der Waals surface area (Å²) in [4.78, 5) is 28.0. The minimum Gasteiger partial charge on any atom is -0.371 e. The van der Waals surface area contributed by atoms with Crippen molar-refractivity contribution in [2.24, 2.45) is 5.73 Å². The average Bonchev–Trinajstić information content (AvgIpc) is 3.02. The lowest BCUT2D eigenvalue weighted by atomic mass is 10.1. The molecule has 0 unspecified atom stereocenters. The summed E-state index contributed by atoms with van der Waals surface area (Å²) in [6.45, 7) is 3.78. The molecule has 3 N–H and O–H groups in total. The van der Waals surface area contributed by atoms with Crippen LogP contribution < -0.4 is 16.0 Å². The minimum atomic E-state index is -0.442. The molecular weight excluding hydrogens is 322 g/mol. The van der Waals surface area contributed by atoms with E-state index in [0.717, 1.165) is 36.5 Å². The van der Waals surface area contributed by atoms with E-state index in [0.29, 0.717) is 16.1 Å². The summed E-state index contributed by atoms with van der Waals surface area (Å²) >= 11 is 1.46. The maximum atomic E-state index is 12.3. The van der Waals surface area contributed by atoms with Crippen LogP contribution >= 0.6 is 11.3 Å². The van der Waals surface area contributed by atoms with Crippen molar-refractivity contribution >= 4 is 34.5 Å². The Morgan fingerprint density at radius 1 is 1.12 bits per heavy atom. The predicted molar refractivity (Wildman–Crippen MR) is 98.0 cm³/mol. The van der Waals surface area contributed by atoms with Crippen molar-refractivity contribution in [3.8, 4) is 0 Å². The van der Waals surface area contributed by atoms with Crippen molar-refractivity contribution in [3.63, 3.8) is 0 Å². The molecule has 0 saturated carbocycles. The fourth-order valence-corrected chi connectivity index (χ4v) is 3.73. The van der Waals surface area contributed by atoms with Crippen molar-refractivity contribution in [1.29, 1.82) is 0 Å². The molecule has 3 rings (SSSR count). The zero-order chi connectivity index (χ0) is 17.1. The number of primary amides is 1.